The molecule has 0 spiro atoms. The summed E-state index contributed by atoms with van der Waals surface area (Å²) >= 11 is 3.38. The minimum absolute atomic E-state index is 0.336. The van der Waals surface area contributed by atoms with Crippen LogP contribution in [0.5, 0.6) is 0 Å². The summed E-state index contributed by atoms with van der Waals surface area (Å²) in [4.78, 5) is 15.7. The van der Waals surface area contributed by atoms with Crippen LogP contribution in [0.25, 0.3) is 10.9 Å². The van der Waals surface area contributed by atoms with Crippen molar-refractivity contribution in [2.45, 2.75) is 6.92 Å². The van der Waals surface area contributed by atoms with E-state index in [0.29, 0.717) is 12.2 Å². The van der Waals surface area contributed by atoms with Crippen molar-refractivity contribution in [3.8, 4) is 0 Å². The van der Waals surface area contributed by atoms with Crippen LogP contribution < -0.4 is 0 Å². The zero-order valence-corrected chi connectivity index (χ0v) is 10.3. The first kappa shape index (κ1) is 11.1. The van der Waals surface area contributed by atoms with Gasteiger partial charge in [0.15, 0.2) is 0 Å². The summed E-state index contributed by atoms with van der Waals surface area (Å²) in [6.45, 7) is 2.15. The predicted octanol–water partition coefficient (Wildman–Crippen LogP) is 3.17. The molecule has 0 fully saturated rings. The molecular weight excluding hydrogens is 270 g/mol. The maximum absolute atomic E-state index is 11.5. The van der Waals surface area contributed by atoms with Crippen LogP contribution in [0.2, 0.25) is 0 Å². The number of hydrogen-bond donors (Lipinski definition) is 0. The SMILES string of the molecule is CCOC(=O)c1cnc2ccc(Br)cc2c1. The zero-order chi connectivity index (χ0) is 11.5. The molecule has 1 aromatic carbocycles. The second-order valence-corrected chi connectivity index (χ2v) is 4.20. The molecule has 2 aromatic rings. The van der Waals surface area contributed by atoms with E-state index in [0.717, 1.165) is 15.4 Å². The Balaban J connectivity index is 2.46. The van der Waals surface area contributed by atoms with Crippen molar-refractivity contribution in [2.24, 2.45) is 0 Å². The van der Waals surface area contributed by atoms with Gasteiger partial charge in [-0.3, -0.25) is 4.98 Å². The van der Waals surface area contributed by atoms with Gasteiger partial charge >= 0.3 is 5.97 Å². The van der Waals surface area contributed by atoms with Gasteiger partial charge in [0.05, 0.1) is 17.7 Å². The first-order valence-corrected chi connectivity index (χ1v) is 5.72. The number of esters is 1. The van der Waals surface area contributed by atoms with Gasteiger partial charge in [0.1, 0.15) is 0 Å². The van der Waals surface area contributed by atoms with Crippen molar-refractivity contribution in [3.05, 3.63) is 40.5 Å². The Morgan fingerprint density at radius 1 is 1.44 bits per heavy atom. The van der Waals surface area contributed by atoms with Gasteiger partial charge in [0.2, 0.25) is 0 Å². The lowest BCUT2D eigenvalue weighted by molar-refractivity contribution is 0.0526. The molecule has 0 amide bonds. The van der Waals surface area contributed by atoms with Crippen molar-refractivity contribution in [2.75, 3.05) is 6.61 Å². The highest BCUT2D eigenvalue weighted by Gasteiger charge is 2.07. The molecule has 0 saturated heterocycles. The molecule has 0 bridgehead atoms. The summed E-state index contributed by atoms with van der Waals surface area (Å²) in [7, 11) is 0. The molecule has 0 aliphatic carbocycles. The summed E-state index contributed by atoms with van der Waals surface area (Å²) in [5.41, 5.74) is 1.34. The van der Waals surface area contributed by atoms with E-state index in [1.54, 1.807) is 13.0 Å². The average Bonchev–Trinajstić information content (AvgIpc) is 2.28. The number of halogens is 1. The lowest BCUT2D eigenvalue weighted by Gasteiger charge is -2.03. The van der Waals surface area contributed by atoms with Crippen LogP contribution in [0, 0.1) is 0 Å². The number of rotatable bonds is 2. The molecule has 82 valence electrons. The summed E-state index contributed by atoms with van der Waals surface area (Å²) in [5.74, 6) is -0.336. The Labute approximate surface area is 102 Å². The first-order chi connectivity index (χ1) is 7.70. The monoisotopic (exact) mass is 279 g/mol. The van der Waals surface area contributed by atoms with Crippen molar-refractivity contribution in [1.82, 2.24) is 4.98 Å². The highest BCUT2D eigenvalue weighted by molar-refractivity contribution is 9.10. The van der Waals surface area contributed by atoms with Gasteiger partial charge in [-0.2, -0.15) is 0 Å². The van der Waals surface area contributed by atoms with E-state index in [1.807, 2.05) is 18.2 Å². The van der Waals surface area contributed by atoms with Crippen LogP contribution >= 0.6 is 15.9 Å². The fourth-order valence-electron chi connectivity index (χ4n) is 1.43. The number of carbonyl (C=O) groups excluding carboxylic acids is 1. The molecule has 0 atom stereocenters. The number of nitrogens with zero attached hydrogens (tertiary/aromatic N) is 1. The van der Waals surface area contributed by atoms with Crippen molar-refractivity contribution < 1.29 is 9.53 Å². The van der Waals surface area contributed by atoms with Gasteiger partial charge in [0, 0.05) is 16.1 Å². The molecule has 3 nitrogen and oxygen atoms in total. The molecule has 0 saturated carbocycles. The fourth-order valence-corrected chi connectivity index (χ4v) is 1.81. The van der Waals surface area contributed by atoms with E-state index in [2.05, 4.69) is 20.9 Å². The maximum Gasteiger partial charge on any atom is 0.339 e. The van der Waals surface area contributed by atoms with Gasteiger partial charge in [-0.05, 0) is 31.2 Å². The minimum Gasteiger partial charge on any atom is -0.462 e. The van der Waals surface area contributed by atoms with Crippen LogP contribution in [0.3, 0.4) is 0 Å². The molecule has 16 heavy (non-hydrogen) atoms. The molecule has 0 unspecified atom stereocenters. The van der Waals surface area contributed by atoms with Crippen molar-refractivity contribution >= 4 is 32.8 Å². The summed E-state index contributed by atoms with van der Waals surface area (Å²) < 4.78 is 5.88. The summed E-state index contributed by atoms with van der Waals surface area (Å²) in [5, 5.41) is 0.917. The number of pyridine rings is 1. The minimum atomic E-state index is -0.336. The van der Waals surface area contributed by atoms with Crippen LogP contribution in [0.15, 0.2) is 34.9 Å². The molecule has 1 heterocycles. The molecule has 0 aliphatic rings. The third-order valence-corrected chi connectivity index (χ3v) is 2.65. The summed E-state index contributed by atoms with van der Waals surface area (Å²) in [6.07, 6.45) is 1.54. The molecule has 0 N–H and O–H groups in total. The number of aromatic nitrogens is 1. The zero-order valence-electron chi connectivity index (χ0n) is 8.74. The third-order valence-electron chi connectivity index (χ3n) is 2.15. The summed E-state index contributed by atoms with van der Waals surface area (Å²) in [6, 6.07) is 7.52. The molecule has 2 rings (SSSR count). The molecule has 0 radical (unpaired) electrons. The fraction of sp³-hybridized carbons (Fsp3) is 0.167. The number of carbonyl (C=O) groups is 1. The van der Waals surface area contributed by atoms with Crippen LogP contribution in [0.4, 0.5) is 0 Å². The van der Waals surface area contributed by atoms with Crippen LogP contribution in [-0.4, -0.2) is 17.6 Å². The number of fused-ring (bicyclic) bond motifs is 1. The molecular formula is C12H10BrNO2. The highest BCUT2D eigenvalue weighted by Crippen LogP contribution is 2.19. The lowest BCUT2D eigenvalue weighted by atomic mass is 10.1. The molecule has 1 aromatic heterocycles. The van der Waals surface area contributed by atoms with E-state index >= 15 is 0 Å². The second-order valence-electron chi connectivity index (χ2n) is 3.28. The Kier molecular flexibility index (Phi) is 3.19. The van der Waals surface area contributed by atoms with Gasteiger partial charge in [-0.25, -0.2) is 4.79 Å². The molecule has 4 heteroatoms. The number of hydrogen-bond acceptors (Lipinski definition) is 3. The Morgan fingerprint density at radius 3 is 3.00 bits per heavy atom. The lowest BCUT2D eigenvalue weighted by Crippen LogP contribution is -2.04. The first-order valence-electron chi connectivity index (χ1n) is 4.93. The largest absolute Gasteiger partial charge is 0.462 e. The van der Waals surface area contributed by atoms with E-state index in [9.17, 15) is 4.79 Å². The van der Waals surface area contributed by atoms with Gasteiger partial charge in [-0.1, -0.05) is 15.9 Å². The predicted molar refractivity (Wildman–Crippen MR) is 65.4 cm³/mol. The normalized spacial score (nSPS) is 10.4. The Hall–Kier alpha value is -1.42. The van der Waals surface area contributed by atoms with Crippen LogP contribution in [-0.2, 0) is 4.74 Å². The standard InChI is InChI=1S/C12H10BrNO2/c1-2-16-12(15)9-5-8-6-10(13)3-4-11(8)14-7-9/h3-7H,2H2,1H3. The van der Waals surface area contributed by atoms with E-state index < -0.39 is 0 Å². The van der Waals surface area contributed by atoms with Crippen molar-refractivity contribution in [1.29, 1.82) is 0 Å². The van der Waals surface area contributed by atoms with Gasteiger partial charge in [0.25, 0.3) is 0 Å². The number of ether oxygens (including phenoxy) is 1. The third kappa shape index (κ3) is 2.22. The second kappa shape index (κ2) is 4.61. The Morgan fingerprint density at radius 2 is 2.25 bits per heavy atom. The molecule has 0 aliphatic heterocycles. The van der Waals surface area contributed by atoms with Gasteiger partial charge < -0.3 is 4.74 Å². The van der Waals surface area contributed by atoms with E-state index in [-0.39, 0.29) is 5.97 Å². The van der Waals surface area contributed by atoms with E-state index in [4.69, 9.17) is 4.74 Å². The van der Waals surface area contributed by atoms with Gasteiger partial charge in [-0.15, -0.1) is 0 Å². The number of benzene rings is 1. The topological polar surface area (TPSA) is 39.2 Å². The van der Waals surface area contributed by atoms with Crippen molar-refractivity contribution in [3.63, 3.8) is 0 Å². The average molecular weight is 280 g/mol. The van der Waals surface area contributed by atoms with Crippen LogP contribution in [0.1, 0.15) is 17.3 Å². The highest BCUT2D eigenvalue weighted by atomic mass is 79.9. The maximum atomic E-state index is 11.5. The quantitative estimate of drug-likeness (QED) is 0.793. The Bertz CT molecular complexity index is 540. The van der Waals surface area contributed by atoms with E-state index in [1.165, 1.54) is 6.20 Å². The smallest absolute Gasteiger partial charge is 0.339 e.